The molecule has 0 bridgehead atoms. The average Bonchev–Trinajstić information content (AvgIpc) is 2.46. The second-order valence-electron chi connectivity index (χ2n) is 5.29. The second-order valence-corrected chi connectivity index (χ2v) is 5.29. The van der Waals surface area contributed by atoms with E-state index in [0.717, 1.165) is 30.8 Å². The maximum Gasteiger partial charge on any atom is 0.238 e. The summed E-state index contributed by atoms with van der Waals surface area (Å²) < 4.78 is 0. The molecule has 20 heavy (non-hydrogen) atoms. The lowest BCUT2D eigenvalue weighted by molar-refractivity contribution is -0.117. The summed E-state index contributed by atoms with van der Waals surface area (Å²) in [6, 6.07) is 7.68. The number of nitrogens with two attached hydrogens (primary N) is 1. The molecule has 0 aliphatic rings. The van der Waals surface area contributed by atoms with E-state index in [2.05, 4.69) is 31.0 Å². The Morgan fingerprint density at radius 1 is 1.40 bits per heavy atom. The summed E-state index contributed by atoms with van der Waals surface area (Å²) in [5, 5.41) is 2.94. The van der Waals surface area contributed by atoms with E-state index >= 15 is 0 Å². The number of anilines is 1. The fourth-order valence-electron chi connectivity index (χ4n) is 2.05. The summed E-state index contributed by atoms with van der Waals surface area (Å²) in [6.07, 6.45) is 1.14. The monoisotopic (exact) mass is 277 g/mol. The Kier molecular flexibility index (Phi) is 7.26. The Morgan fingerprint density at radius 2 is 2.15 bits per heavy atom. The van der Waals surface area contributed by atoms with Gasteiger partial charge in [0.2, 0.25) is 5.91 Å². The van der Waals surface area contributed by atoms with E-state index in [4.69, 9.17) is 5.73 Å². The van der Waals surface area contributed by atoms with Gasteiger partial charge in [-0.15, -0.1) is 0 Å². The van der Waals surface area contributed by atoms with Crippen molar-refractivity contribution in [2.45, 2.75) is 33.7 Å². The van der Waals surface area contributed by atoms with Crippen molar-refractivity contribution in [3.63, 3.8) is 0 Å². The van der Waals surface area contributed by atoms with Crippen molar-refractivity contribution in [3.8, 4) is 0 Å². The molecule has 1 amide bonds. The first-order valence-corrected chi connectivity index (χ1v) is 7.40. The van der Waals surface area contributed by atoms with Crippen LogP contribution < -0.4 is 11.1 Å². The number of hydrogen-bond donors (Lipinski definition) is 2. The van der Waals surface area contributed by atoms with E-state index in [1.165, 1.54) is 0 Å². The summed E-state index contributed by atoms with van der Waals surface area (Å²) in [4.78, 5) is 14.2. The highest BCUT2D eigenvalue weighted by atomic mass is 16.2. The quantitative estimate of drug-likeness (QED) is 0.767. The minimum absolute atomic E-state index is 0.0318. The van der Waals surface area contributed by atoms with Crippen LogP contribution in [0.4, 0.5) is 5.69 Å². The SMILES string of the molecule is CCC(C)CN(CC)CC(=O)Nc1cccc(CN)c1. The van der Waals surface area contributed by atoms with Crippen molar-refractivity contribution in [3.05, 3.63) is 29.8 Å². The van der Waals surface area contributed by atoms with E-state index in [0.29, 0.717) is 19.0 Å². The number of nitrogens with one attached hydrogen (secondary N) is 1. The van der Waals surface area contributed by atoms with Gasteiger partial charge in [0.05, 0.1) is 6.54 Å². The van der Waals surface area contributed by atoms with Gasteiger partial charge in [0.25, 0.3) is 0 Å². The van der Waals surface area contributed by atoms with Gasteiger partial charge in [-0.2, -0.15) is 0 Å². The van der Waals surface area contributed by atoms with Crippen molar-refractivity contribution in [2.24, 2.45) is 11.7 Å². The highest BCUT2D eigenvalue weighted by molar-refractivity contribution is 5.92. The highest BCUT2D eigenvalue weighted by Crippen LogP contribution is 2.10. The molecule has 0 aliphatic heterocycles. The summed E-state index contributed by atoms with van der Waals surface area (Å²) in [5.74, 6) is 0.646. The summed E-state index contributed by atoms with van der Waals surface area (Å²) in [6.45, 7) is 9.25. The third-order valence-electron chi connectivity index (χ3n) is 3.53. The first-order valence-electron chi connectivity index (χ1n) is 7.40. The van der Waals surface area contributed by atoms with Crippen molar-refractivity contribution in [1.82, 2.24) is 4.90 Å². The number of rotatable bonds is 8. The number of nitrogens with zero attached hydrogens (tertiary/aromatic N) is 1. The summed E-state index contributed by atoms with van der Waals surface area (Å²) >= 11 is 0. The largest absolute Gasteiger partial charge is 0.326 e. The first kappa shape index (κ1) is 16.7. The first-order chi connectivity index (χ1) is 9.58. The molecule has 0 aliphatic carbocycles. The summed E-state index contributed by atoms with van der Waals surface area (Å²) in [5.41, 5.74) is 7.44. The van der Waals surface area contributed by atoms with Crippen LogP contribution in [0.25, 0.3) is 0 Å². The van der Waals surface area contributed by atoms with Crippen molar-refractivity contribution in [1.29, 1.82) is 0 Å². The number of carbonyl (C=O) groups excluding carboxylic acids is 1. The van der Waals surface area contributed by atoms with Crippen molar-refractivity contribution < 1.29 is 4.79 Å². The molecule has 0 saturated carbocycles. The minimum atomic E-state index is 0.0318. The van der Waals surface area contributed by atoms with Crippen LogP contribution in [0.5, 0.6) is 0 Å². The van der Waals surface area contributed by atoms with Gasteiger partial charge >= 0.3 is 0 Å². The molecule has 0 saturated heterocycles. The molecule has 0 radical (unpaired) electrons. The zero-order valence-electron chi connectivity index (χ0n) is 12.9. The van der Waals surface area contributed by atoms with Crippen LogP contribution in [0.15, 0.2) is 24.3 Å². The second kappa shape index (κ2) is 8.72. The number of amides is 1. The highest BCUT2D eigenvalue weighted by Gasteiger charge is 2.12. The summed E-state index contributed by atoms with van der Waals surface area (Å²) in [7, 11) is 0. The molecule has 1 atom stereocenters. The molecule has 1 unspecified atom stereocenters. The van der Waals surface area contributed by atoms with Gasteiger partial charge in [0, 0.05) is 18.8 Å². The normalized spacial score (nSPS) is 12.4. The predicted molar refractivity (Wildman–Crippen MR) is 84.5 cm³/mol. The van der Waals surface area contributed by atoms with Crippen LogP contribution in [-0.2, 0) is 11.3 Å². The van der Waals surface area contributed by atoms with Gasteiger partial charge in [-0.05, 0) is 30.2 Å². The molecular formula is C16H27N3O. The minimum Gasteiger partial charge on any atom is -0.326 e. The third-order valence-corrected chi connectivity index (χ3v) is 3.53. The zero-order valence-corrected chi connectivity index (χ0v) is 12.9. The Morgan fingerprint density at radius 3 is 2.75 bits per heavy atom. The Hall–Kier alpha value is -1.39. The lowest BCUT2D eigenvalue weighted by Crippen LogP contribution is -2.36. The molecule has 3 N–H and O–H groups in total. The van der Waals surface area contributed by atoms with Crippen LogP contribution >= 0.6 is 0 Å². The van der Waals surface area contributed by atoms with E-state index in [9.17, 15) is 4.79 Å². The lowest BCUT2D eigenvalue weighted by atomic mass is 10.1. The van der Waals surface area contributed by atoms with Crippen LogP contribution in [0.3, 0.4) is 0 Å². The maximum absolute atomic E-state index is 12.1. The van der Waals surface area contributed by atoms with Crippen LogP contribution in [0.1, 0.15) is 32.8 Å². The van der Waals surface area contributed by atoms with Gasteiger partial charge in [-0.3, -0.25) is 9.69 Å². The number of likely N-dealkylation sites (N-methyl/N-ethyl adjacent to an activating group) is 1. The third kappa shape index (κ3) is 5.72. The molecule has 1 aromatic carbocycles. The smallest absolute Gasteiger partial charge is 0.238 e. The molecule has 4 nitrogen and oxygen atoms in total. The number of benzene rings is 1. The van der Waals surface area contributed by atoms with Gasteiger partial charge in [0.1, 0.15) is 0 Å². The molecule has 112 valence electrons. The van der Waals surface area contributed by atoms with Crippen molar-refractivity contribution >= 4 is 11.6 Å². The Balaban J connectivity index is 2.52. The average molecular weight is 277 g/mol. The molecule has 0 fully saturated rings. The molecule has 0 spiro atoms. The van der Waals surface area contributed by atoms with E-state index < -0.39 is 0 Å². The topological polar surface area (TPSA) is 58.4 Å². The van der Waals surface area contributed by atoms with E-state index in [-0.39, 0.29) is 5.91 Å². The molecule has 0 heterocycles. The van der Waals surface area contributed by atoms with Crippen LogP contribution in [0.2, 0.25) is 0 Å². The van der Waals surface area contributed by atoms with Crippen LogP contribution in [-0.4, -0.2) is 30.4 Å². The van der Waals surface area contributed by atoms with Gasteiger partial charge in [0.15, 0.2) is 0 Å². The number of carbonyl (C=O) groups is 1. The lowest BCUT2D eigenvalue weighted by Gasteiger charge is -2.23. The predicted octanol–water partition coefficient (Wildman–Crippen LogP) is 2.45. The van der Waals surface area contributed by atoms with Crippen LogP contribution in [0, 0.1) is 5.92 Å². The van der Waals surface area contributed by atoms with Gasteiger partial charge < -0.3 is 11.1 Å². The molecular weight excluding hydrogens is 250 g/mol. The Bertz CT molecular complexity index is 420. The maximum atomic E-state index is 12.1. The fourth-order valence-corrected chi connectivity index (χ4v) is 2.05. The number of hydrogen-bond acceptors (Lipinski definition) is 3. The Labute approximate surface area is 122 Å². The van der Waals surface area contributed by atoms with Gasteiger partial charge in [-0.1, -0.05) is 39.3 Å². The zero-order chi connectivity index (χ0) is 15.0. The standard InChI is InChI=1S/C16H27N3O/c1-4-13(3)11-19(5-2)12-16(20)18-15-8-6-7-14(9-15)10-17/h6-9,13H,4-5,10-12,17H2,1-3H3,(H,18,20). The van der Waals surface area contributed by atoms with Crippen molar-refractivity contribution in [2.75, 3.05) is 25.0 Å². The molecule has 1 rings (SSSR count). The van der Waals surface area contributed by atoms with E-state index in [1.807, 2.05) is 24.3 Å². The fraction of sp³-hybridized carbons (Fsp3) is 0.562. The van der Waals surface area contributed by atoms with E-state index in [1.54, 1.807) is 0 Å². The molecule has 1 aromatic rings. The van der Waals surface area contributed by atoms with Gasteiger partial charge in [-0.25, -0.2) is 0 Å². The molecule has 4 heteroatoms. The molecule has 0 aromatic heterocycles.